The maximum absolute atomic E-state index is 5.34. The van der Waals surface area contributed by atoms with Crippen LogP contribution in [0.4, 0.5) is 0 Å². The summed E-state index contributed by atoms with van der Waals surface area (Å²) in [5, 5.41) is 0. The van der Waals surface area contributed by atoms with Crippen LogP contribution < -0.4 is 4.75 Å². The van der Waals surface area contributed by atoms with E-state index in [0.717, 1.165) is 0 Å². The fraction of sp³-hybridized carbons (Fsp3) is 1.00. The Labute approximate surface area is 54.9 Å². The Bertz CT molecular complexity index is 50.1. The van der Waals surface area contributed by atoms with E-state index in [9.17, 15) is 0 Å². The molecule has 1 nitrogen and oxygen atoms in total. The molecule has 0 rings (SSSR count). The Morgan fingerprint density at radius 1 is 1.43 bits per heavy atom. The van der Waals surface area contributed by atoms with Crippen LogP contribution in [0.1, 0.15) is 20.8 Å². The summed E-state index contributed by atoms with van der Waals surface area (Å²) in [6.45, 7) is 6.52. The molecule has 0 fully saturated rings. The molecule has 0 aliphatic heterocycles. The van der Waals surface area contributed by atoms with Crippen molar-refractivity contribution < 1.29 is 0 Å². The van der Waals surface area contributed by atoms with E-state index in [2.05, 4.69) is 20.8 Å². The first-order chi connectivity index (χ1) is 3.06. The van der Waals surface area contributed by atoms with Gasteiger partial charge >= 0.3 is 54.5 Å². The molecular formula is C4H11NSSe. The topological polar surface area (TPSA) is 26.0 Å². The minimum absolute atomic E-state index is 0.276. The van der Waals surface area contributed by atoms with Crippen molar-refractivity contribution in [1.82, 2.24) is 0 Å². The summed E-state index contributed by atoms with van der Waals surface area (Å²) in [7, 11) is 1.83. The van der Waals surface area contributed by atoms with Crippen molar-refractivity contribution in [2.45, 2.75) is 25.5 Å². The Morgan fingerprint density at radius 3 is 1.86 bits per heavy atom. The third-order valence-electron chi connectivity index (χ3n) is 0.298. The molecule has 0 bridgehead atoms. The number of rotatable bonds is 1. The van der Waals surface area contributed by atoms with Crippen LogP contribution in [0, 0.1) is 0 Å². The third-order valence-corrected chi connectivity index (χ3v) is 4.65. The number of hydrogen-bond acceptors (Lipinski definition) is 2. The third kappa shape index (κ3) is 6.83. The Morgan fingerprint density at radius 2 is 1.86 bits per heavy atom. The summed E-state index contributed by atoms with van der Waals surface area (Å²) in [5.74, 6) is 0. The SMILES string of the molecule is CC(C)(C)S[Se]N. The molecule has 0 heterocycles. The Kier molecular flexibility index (Phi) is 3.33. The van der Waals surface area contributed by atoms with E-state index in [4.69, 9.17) is 4.75 Å². The van der Waals surface area contributed by atoms with Gasteiger partial charge in [-0.15, -0.1) is 0 Å². The van der Waals surface area contributed by atoms with Crippen molar-refractivity contribution in [2.24, 2.45) is 4.75 Å². The average molecular weight is 184 g/mol. The summed E-state index contributed by atoms with van der Waals surface area (Å²) in [6, 6.07) is 0. The fourth-order valence-electron chi connectivity index (χ4n) is 0.144. The van der Waals surface area contributed by atoms with E-state index in [-0.39, 0.29) is 14.1 Å². The zero-order valence-electron chi connectivity index (χ0n) is 4.89. The van der Waals surface area contributed by atoms with Gasteiger partial charge in [-0.2, -0.15) is 0 Å². The second kappa shape index (κ2) is 2.98. The molecular weight excluding hydrogens is 173 g/mol. The summed E-state index contributed by atoms with van der Waals surface area (Å²) in [4.78, 5) is 0. The van der Waals surface area contributed by atoms with Crippen LogP contribution in [0.5, 0.6) is 0 Å². The molecule has 0 radical (unpaired) electrons. The van der Waals surface area contributed by atoms with E-state index in [0.29, 0.717) is 4.75 Å². The maximum atomic E-state index is 5.34. The number of hydrogen-bond donors (Lipinski definition) is 1. The van der Waals surface area contributed by atoms with Crippen LogP contribution in [-0.4, -0.2) is 18.8 Å². The quantitative estimate of drug-likeness (QED) is 0.615. The zero-order valence-corrected chi connectivity index (χ0v) is 7.42. The molecule has 0 aliphatic carbocycles. The normalized spacial score (nSPS) is 12.0. The van der Waals surface area contributed by atoms with Crippen LogP contribution in [0.25, 0.3) is 0 Å². The molecule has 0 spiro atoms. The first kappa shape index (κ1) is 7.83. The van der Waals surface area contributed by atoms with Gasteiger partial charge in [0.1, 0.15) is 0 Å². The van der Waals surface area contributed by atoms with Crippen LogP contribution in [0.15, 0.2) is 0 Å². The van der Waals surface area contributed by atoms with E-state index in [1.807, 2.05) is 10.2 Å². The predicted molar refractivity (Wildman–Crippen MR) is 37.3 cm³/mol. The van der Waals surface area contributed by atoms with Gasteiger partial charge in [-0.1, -0.05) is 0 Å². The van der Waals surface area contributed by atoms with Gasteiger partial charge < -0.3 is 0 Å². The molecule has 0 aliphatic rings. The molecule has 0 amide bonds. The van der Waals surface area contributed by atoms with Crippen molar-refractivity contribution >= 4 is 24.2 Å². The summed E-state index contributed by atoms with van der Waals surface area (Å²) in [5.41, 5.74) is 0. The van der Waals surface area contributed by atoms with Crippen molar-refractivity contribution in [3.63, 3.8) is 0 Å². The molecule has 3 heteroatoms. The van der Waals surface area contributed by atoms with E-state index < -0.39 is 0 Å². The summed E-state index contributed by atoms with van der Waals surface area (Å²) >= 11 is 0.276. The fourth-order valence-corrected chi connectivity index (χ4v) is 2.25. The molecule has 0 atom stereocenters. The Balaban J connectivity index is 3.15. The van der Waals surface area contributed by atoms with Gasteiger partial charge in [0.15, 0.2) is 0 Å². The molecule has 0 unspecified atom stereocenters. The summed E-state index contributed by atoms with van der Waals surface area (Å²) in [6.07, 6.45) is 0. The average Bonchev–Trinajstić information content (AvgIpc) is 1.30. The summed E-state index contributed by atoms with van der Waals surface area (Å²) < 4.78 is 5.71. The second-order valence-electron chi connectivity index (χ2n) is 2.29. The van der Waals surface area contributed by atoms with E-state index >= 15 is 0 Å². The van der Waals surface area contributed by atoms with Gasteiger partial charge in [-0.3, -0.25) is 0 Å². The molecule has 0 aromatic heterocycles. The van der Waals surface area contributed by atoms with Crippen LogP contribution >= 0.6 is 10.2 Å². The van der Waals surface area contributed by atoms with Crippen molar-refractivity contribution in [1.29, 1.82) is 0 Å². The standard InChI is InChI=1S/C4H11NSSe/c1-4(2,3)6-7-5/h5H2,1-3H3. The zero-order chi connectivity index (χ0) is 5.91. The molecule has 0 aromatic carbocycles. The molecule has 0 saturated heterocycles. The monoisotopic (exact) mass is 185 g/mol. The van der Waals surface area contributed by atoms with Crippen LogP contribution in [0.2, 0.25) is 0 Å². The number of nitrogens with two attached hydrogens (primary N) is 1. The van der Waals surface area contributed by atoms with Gasteiger partial charge in [-0.25, -0.2) is 0 Å². The first-order valence-corrected chi connectivity index (χ1v) is 5.94. The Hall–Kier alpha value is 0.829. The van der Waals surface area contributed by atoms with Crippen molar-refractivity contribution in [2.75, 3.05) is 0 Å². The van der Waals surface area contributed by atoms with Gasteiger partial charge in [0.2, 0.25) is 0 Å². The molecule has 44 valence electrons. The van der Waals surface area contributed by atoms with Crippen LogP contribution in [0.3, 0.4) is 0 Å². The van der Waals surface area contributed by atoms with Gasteiger partial charge in [0.05, 0.1) is 0 Å². The van der Waals surface area contributed by atoms with Crippen LogP contribution in [-0.2, 0) is 0 Å². The van der Waals surface area contributed by atoms with Gasteiger partial charge in [0, 0.05) is 0 Å². The van der Waals surface area contributed by atoms with Crippen molar-refractivity contribution in [3.8, 4) is 0 Å². The predicted octanol–water partition coefficient (Wildman–Crippen LogP) is 1.01. The van der Waals surface area contributed by atoms with Crippen molar-refractivity contribution in [3.05, 3.63) is 0 Å². The molecule has 0 aromatic rings. The first-order valence-electron chi connectivity index (χ1n) is 2.11. The van der Waals surface area contributed by atoms with E-state index in [1.54, 1.807) is 0 Å². The van der Waals surface area contributed by atoms with Gasteiger partial charge in [0.25, 0.3) is 0 Å². The van der Waals surface area contributed by atoms with Gasteiger partial charge in [-0.05, 0) is 0 Å². The molecule has 7 heavy (non-hydrogen) atoms. The minimum atomic E-state index is 0.276. The molecule has 0 saturated carbocycles. The molecule has 2 N–H and O–H groups in total. The second-order valence-corrected chi connectivity index (χ2v) is 6.14. The van der Waals surface area contributed by atoms with E-state index in [1.165, 1.54) is 0 Å².